The number of thiophene rings is 1. The Kier molecular flexibility index (Phi) is 6.58. The molecule has 0 radical (unpaired) electrons. The molecule has 1 aliphatic rings. The van der Waals surface area contributed by atoms with Crippen molar-refractivity contribution >= 4 is 27.3 Å². The van der Waals surface area contributed by atoms with Crippen molar-refractivity contribution in [1.82, 2.24) is 9.62 Å². The molecular weight excluding hydrogens is 392 g/mol. The van der Waals surface area contributed by atoms with E-state index in [2.05, 4.69) is 44.3 Å². The zero-order valence-corrected chi connectivity index (χ0v) is 18.3. The first-order chi connectivity index (χ1) is 13.3. The summed E-state index contributed by atoms with van der Waals surface area (Å²) in [6.07, 6.45) is 1.93. The number of hydrogen-bond acceptors (Lipinski definition) is 4. The fourth-order valence-electron chi connectivity index (χ4n) is 3.80. The lowest BCUT2D eigenvalue weighted by Gasteiger charge is -2.31. The van der Waals surface area contributed by atoms with E-state index in [4.69, 9.17) is 0 Å². The highest BCUT2D eigenvalue weighted by atomic mass is 32.2. The van der Waals surface area contributed by atoms with E-state index in [1.165, 1.54) is 26.8 Å². The van der Waals surface area contributed by atoms with Crippen molar-refractivity contribution in [2.45, 2.75) is 50.3 Å². The first-order valence-electron chi connectivity index (χ1n) is 9.74. The van der Waals surface area contributed by atoms with Crippen LogP contribution in [0.2, 0.25) is 0 Å². The van der Waals surface area contributed by atoms with Crippen molar-refractivity contribution in [3.63, 3.8) is 0 Å². The summed E-state index contributed by atoms with van der Waals surface area (Å²) in [4.78, 5) is 12.8. The molecule has 1 fully saturated rings. The topological polar surface area (TPSA) is 66.5 Å². The third-order valence-corrected chi connectivity index (χ3v) is 8.71. The second-order valence-electron chi connectivity index (χ2n) is 7.44. The normalized spacial score (nSPS) is 17.4. The van der Waals surface area contributed by atoms with Gasteiger partial charge in [-0.25, -0.2) is 8.42 Å². The summed E-state index contributed by atoms with van der Waals surface area (Å²) in [6, 6.07) is 9.67. The summed E-state index contributed by atoms with van der Waals surface area (Å²) in [5.41, 5.74) is 3.55. The van der Waals surface area contributed by atoms with Crippen LogP contribution in [0.5, 0.6) is 0 Å². The number of carbonyl (C=O) groups excluding carboxylic acids is 1. The van der Waals surface area contributed by atoms with E-state index in [0.29, 0.717) is 30.1 Å². The number of piperidine rings is 1. The SMILES string of the molecule is CC[C@@H](NC(=O)C1CCN(S(=O)(=O)c2cccs2)CC1)c1ccc(C)cc1C. The van der Waals surface area contributed by atoms with Gasteiger partial charge in [-0.3, -0.25) is 4.79 Å². The van der Waals surface area contributed by atoms with Gasteiger partial charge in [-0.15, -0.1) is 11.3 Å². The lowest BCUT2D eigenvalue weighted by atomic mass is 9.94. The lowest BCUT2D eigenvalue weighted by molar-refractivity contribution is -0.126. The van der Waals surface area contributed by atoms with Gasteiger partial charge >= 0.3 is 0 Å². The highest BCUT2D eigenvalue weighted by Crippen LogP contribution is 2.28. The van der Waals surface area contributed by atoms with Crippen molar-refractivity contribution in [3.05, 3.63) is 52.4 Å². The Hall–Kier alpha value is -1.70. The molecule has 0 aliphatic carbocycles. The molecular formula is C21H28N2O3S2. The third kappa shape index (κ3) is 4.47. The van der Waals surface area contributed by atoms with Gasteiger partial charge in [-0.05, 0) is 55.7 Å². The summed E-state index contributed by atoms with van der Waals surface area (Å²) in [5, 5.41) is 4.96. The molecule has 1 atom stereocenters. The van der Waals surface area contributed by atoms with Crippen LogP contribution in [0.4, 0.5) is 0 Å². The number of amides is 1. The molecule has 1 aromatic heterocycles. The summed E-state index contributed by atoms with van der Waals surface area (Å²) >= 11 is 1.23. The standard InChI is InChI=1S/C21H28N2O3S2/c1-4-19(18-8-7-15(2)14-16(18)3)22-21(24)17-9-11-23(12-10-17)28(25,26)20-6-5-13-27-20/h5-8,13-14,17,19H,4,9-12H2,1-3H3,(H,22,24)/t19-/m1/s1. The Morgan fingerprint density at radius 1 is 1.25 bits per heavy atom. The van der Waals surface area contributed by atoms with Crippen LogP contribution < -0.4 is 5.32 Å². The second kappa shape index (κ2) is 8.76. The number of hydrogen-bond donors (Lipinski definition) is 1. The van der Waals surface area contributed by atoms with E-state index in [9.17, 15) is 13.2 Å². The van der Waals surface area contributed by atoms with E-state index in [1.54, 1.807) is 17.5 Å². The molecule has 152 valence electrons. The fourth-order valence-corrected chi connectivity index (χ4v) is 6.42. The summed E-state index contributed by atoms with van der Waals surface area (Å²) in [7, 11) is -3.43. The zero-order valence-electron chi connectivity index (χ0n) is 16.6. The Morgan fingerprint density at radius 2 is 1.96 bits per heavy atom. The fraction of sp³-hybridized carbons (Fsp3) is 0.476. The number of aryl methyl sites for hydroxylation is 2. The quantitative estimate of drug-likeness (QED) is 0.767. The maximum atomic E-state index is 12.8. The number of benzene rings is 1. The molecule has 2 heterocycles. The van der Waals surface area contributed by atoms with Gasteiger partial charge in [0.15, 0.2) is 0 Å². The van der Waals surface area contributed by atoms with Crippen LogP contribution in [0.15, 0.2) is 39.9 Å². The van der Waals surface area contributed by atoms with Crippen molar-refractivity contribution in [1.29, 1.82) is 0 Å². The van der Waals surface area contributed by atoms with E-state index in [-0.39, 0.29) is 17.9 Å². The smallest absolute Gasteiger partial charge is 0.252 e. The molecule has 0 bridgehead atoms. The summed E-state index contributed by atoms with van der Waals surface area (Å²) in [5.74, 6) is -0.116. The molecule has 0 spiro atoms. The highest BCUT2D eigenvalue weighted by Gasteiger charge is 2.33. The molecule has 5 nitrogen and oxygen atoms in total. The van der Waals surface area contributed by atoms with Gasteiger partial charge in [0, 0.05) is 19.0 Å². The Morgan fingerprint density at radius 3 is 2.54 bits per heavy atom. The highest BCUT2D eigenvalue weighted by molar-refractivity contribution is 7.91. The minimum atomic E-state index is -3.43. The first-order valence-corrected chi connectivity index (χ1v) is 12.1. The van der Waals surface area contributed by atoms with Crippen LogP contribution in [-0.4, -0.2) is 31.7 Å². The van der Waals surface area contributed by atoms with Crippen LogP contribution in [0.1, 0.15) is 48.9 Å². The van der Waals surface area contributed by atoms with Crippen molar-refractivity contribution in [2.75, 3.05) is 13.1 Å². The third-order valence-electron chi connectivity index (χ3n) is 5.44. The molecule has 1 N–H and O–H groups in total. The molecule has 1 aromatic carbocycles. The van der Waals surface area contributed by atoms with Crippen molar-refractivity contribution < 1.29 is 13.2 Å². The van der Waals surface area contributed by atoms with Gasteiger partial charge in [0.1, 0.15) is 4.21 Å². The average molecular weight is 421 g/mol. The van der Waals surface area contributed by atoms with E-state index >= 15 is 0 Å². The average Bonchev–Trinajstić information content (AvgIpc) is 3.22. The molecule has 1 aliphatic heterocycles. The molecule has 28 heavy (non-hydrogen) atoms. The second-order valence-corrected chi connectivity index (χ2v) is 10.6. The Balaban J connectivity index is 1.62. The van der Waals surface area contributed by atoms with E-state index in [0.717, 1.165) is 12.0 Å². The first kappa shape index (κ1) is 21.0. The van der Waals surface area contributed by atoms with Gasteiger partial charge < -0.3 is 5.32 Å². The van der Waals surface area contributed by atoms with Gasteiger partial charge in [0.05, 0.1) is 6.04 Å². The number of nitrogens with zero attached hydrogens (tertiary/aromatic N) is 1. The maximum Gasteiger partial charge on any atom is 0.252 e. The number of rotatable bonds is 6. The van der Waals surface area contributed by atoms with Crippen LogP contribution in [0, 0.1) is 19.8 Å². The molecule has 7 heteroatoms. The van der Waals surface area contributed by atoms with Gasteiger partial charge in [0.2, 0.25) is 5.91 Å². The van der Waals surface area contributed by atoms with Crippen LogP contribution in [0.25, 0.3) is 0 Å². The van der Waals surface area contributed by atoms with Crippen LogP contribution in [-0.2, 0) is 14.8 Å². The number of sulfonamides is 1. The summed E-state index contributed by atoms with van der Waals surface area (Å²) in [6.45, 7) is 6.98. The molecule has 3 rings (SSSR count). The van der Waals surface area contributed by atoms with Crippen LogP contribution >= 0.6 is 11.3 Å². The number of nitrogens with one attached hydrogen (secondary N) is 1. The summed E-state index contributed by atoms with van der Waals surface area (Å²) < 4.78 is 27.1. The maximum absolute atomic E-state index is 12.8. The molecule has 0 saturated carbocycles. The predicted molar refractivity (Wildman–Crippen MR) is 113 cm³/mol. The van der Waals surface area contributed by atoms with E-state index in [1.807, 2.05) is 0 Å². The molecule has 1 amide bonds. The van der Waals surface area contributed by atoms with Gasteiger partial charge in [0.25, 0.3) is 10.0 Å². The monoisotopic (exact) mass is 420 g/mol. The van der Waals surface area contributed by atoms with Crippen LogP contribution in [0.3, 0.4) is 0 Å². The minimum Gasteiger partial charge on any atom is -0.349 e. The Bertz CT molecular complexity index is 915. The largest absolute Gasteiger partial charge is 0.349 e. The molecule has 2 aromatic rings. The Labute approximate surface area is 171 Å². The molecule has 1 saturated heterocycles. The molecule has 0 unspecified atom stereocenters. The van der Waals surface area contributed by atoms with Gasteiger partial charge in [-0.1, -0.05) is 36.8 Å². The van der Waals surface area contributed by atoms with E-state index < -0.39 is 10.0 Å². The lowest BCUT2D eigenvalue weighted by Crippen LogP contribution is -2.43. The predicted octanol–water partition coefficient (Wildman–Crippen LogP) is 4.03. The van der Waals surface area contributed by atoms with Crippen molar-refractivity contribution in [2.24, 2.45) is 5.92 Å². The van der Waals surface area contributed by atoms with Crippen molar-refractivity contribution in [3.8, 4) is 0 Å². The number of carbonyl (C=O) groups is 1. The minimum absolute atomic E-state index is 0.0130. The van der Waals surface area contributed by atoms with Gasteiger partial charge in [-0.2, -0.15) is 4.31 Å². The zero-order chi connectivity index (χ0) is 20.3.